The molecule has 0 aliphatic heterocycles. The lowest BCUT2D eigenvalue weighted by Crippen LogP contribution is -1.98. The van der Waals surface area contributed by atoms with E-state index in [4.69, 9.17) is 4.74 Å². The van der Waals surface area contributed by atoms with Crippen molar-refractivity contribution in [3.63, 3.8) is 0 Å². The first-order valence-corrected chi connectivity index (χ1v) is 5.67. The molecule has 1 nitrogen and oxygen atoms in total. The van der Waals surface area contributed by atoms with Crippen molar-refractivity contribution in [2.75, 3.05) is 6.61 Å². The van der Waals surface area contributed by atoms with Gasteiger partial charge in [-0.3, -0.25) is 0 Å². The molecule has 0 amide bonds. The van der Waals surface area contributed by atoms with Crippen molar-refractivity contribution in [2.24, 2.45) is 0 Å². The molecule has 0 heterocycles. The second kappa shape index (κ2) is 5.90. The normalized spacial score (nSPS) is 9.88. The molecule has 0 fully saturated rings. The van der Waals surface area contributed by atoms with Crippen LogP contribution in [-0.4, -0.2) is 6.61 Å². The van der Waals surface area contributed by atoms with Gasteiger partial charge in [-0.25, -0.2) is 0 Å². The van der Waals surface area contributed by atoms with Crippen LogP contribution in [0.5, 0.6) is 5.75 Å². The summed E-state index contributed by atoms with van der Waals surface area (Å²) in [7, 11) is 0. The van der Waals surface area contributed by atoms with E-state index in [1.807, 2.05) is 36.4 Å². The highest BCUT2D eigenvalue weighted by atomic mass is 16.5. The zero-order valence-corrected chi connectivity index (χ0v) is 9.73. The van der Waals surface area contributed by atoms with Crippen LogP contribution < -0.4 is 4.74 Å². The average molecular weight is 223 g/mol. The van der Waals surface area contributed by atoms with Crippen LogP contribution >= 0.6 is 0 Å². The van der Waals surface area contributed by atoms with Crippen LogP contribution in [0.2, 0.25) is 0 Å². The fourth-order valence-corrected chi connectivity index (χ4v) is 1.68. The maximum Gasteiger partial charge on any atom is 0.123 e. The zero-order valence-electron chi connectivity index (χ0n) is 9.73. The molecule has 0 aliphatic rings. The molecule has 0 saturated heterocycles. The first kappa shape index (κ1) is 11.5. The number of hydrogen-bond donors (Lipinski definition) is 0. The third-order valence-electron chi connectivity index (χ3n) is 2.48. The first-order chi connectivity index (χ1) is 8.40. The van der Waals surface area contributed by atoms with Crippen molar-refractivity contribution in [1.29, 1.82) is 0 Å². The summed E-state index contributed by atoms with van der Waals surface area (Å²) in [5, 5.41) is 0. The molecule has 0 atom stereocenters. The van der Waals surface area contributed by atoms with Crippen molar-refractivity contribution in [1.82, 2.24) is 0 Å². The Hall–Kier alpha value is -2.02. The number of hydrogen-bond acceptors (Lipinski definition) is 1. The van der Waals surface area contributed by atoms with Gasteiger partial charge in [-0.1, -0.05) is 55.1 Å². The van der Waals surface area contributed by atoms with Gasteiger partial charge in [0.2, 0.25) is 0 Å². The molecule has 0 spiro atoms. The zero-order chi connectivity index (χ0) is 11.9. The quantitative estimate of drug-likeness (QED) is 0.703. The number of benzene rings is 2. The first-order valence-electron chi connectivity index (χ1n) is 5.67. The van der Waals surface area contributed by atoms with Crippen molar-refractivity contribution in [3.8, 4) is 5.75 Å². The maximum absolute atomic E-state index is 5.61. The second-order valence-electron chi connectivity index (χ2n) is 3.77. The molecular formula is C16H15O. The van der Waals surface area contributed by atoms with E-state index in [1.165, 1.54) is 5.56 Å². The SMILES string of the molecule is C=CCOc1ccc[c]c1Cc1ccccc1. The summed E-state index contributed by atoms with van der Waals surface area (Å²) in [6, 6.07) is 19.4. The average Bonchev–Trinajstić information content (AvgIpc) is 2.39. The Labute approximate surface area is 102 Å². The molecule has 1 heteroatoms. The Bertz CT molecular complexity index is 474. The number of ether oxygens (including phenoxy) is 1. The lowest BCUT2D eigenvalue weighted by Gasteiger charge is -2.09. The predicted molar refractivity (Wildman–Crippen MR) is 70.2 cm³/mol. The van der Waals surface area contributed by atoms with Gasteiger partial charge in [-0.15, -0.1) is 0 Å². The molecule has 0 bridgehead atoms. The Morgan fingerprint density at radius 1 is 1.12 bits per heavy atom. The van der Waals surface area contributed by atoms with E-state index in [0.717, 1.165) is 17.7 Å². The summed E-state index contributed by atoms with van der Waals surface area (Å²) in [5.74, 6) is 0.885. The van der Waals surface area contributed by atoms with Gasteiger partial charge < -0.3 is 4.74 Å². The Balaban J connectivity index is 2.17. The monoisotopic (exact) mass is 223 g/mol. The molecule has 2 rings (SSSR count). The second-order valence-corrected chi connectivity index (χ2v) is 3.77. The van der Waals surface area contributed by atoms with Crippen LogP contribution in [0.1, 0.15) is 11.1 Å². The van der Waals surface area contributed by atoms with E-state index in [0.29, 0.717) is 6.61 Å². The molecule has 0 aliphatic carbocycles. The Kier molecular flexibility index (Phi) is 3.98. The van der Waals surface area contributed by atoms with Crippen LogP contribution in [0, 0.1) is 6.07 Å². The van der Waals surface area contributed by atoms with Gasteiger partial charge in [0, 0.05) is 12.0 Å². The summed E-state index contributed by atoms with van der Waals surface area (Å²) >= 11 is 0. The molecule has 0 aromatic heterocycles. The van der Waals surface area contributed by atoms with Gasteiger partial charge >= 0.3 is 0 Å². The minimum Gasteiger partial charge on any atom is -0.489 e. The Morgan fingerprint density at radius 2 is 1.94 bits per heavy atom. The molecule has 0 N–H and O–H groups in total. The van der Waals surface area contributed by atoms with E-state index in [-0.39, 0.29) is 0 Å². The summed E-state index contributed by atoms with van der Waals surface area (Å²) < 4.78 is 5.61. The molecule has 2 aromatic rings. The molecule has 85 valence electrons. The van der Waals surface area contributed by atoms with Crippen molar-refractivity contribution < 1.29 is 4.74 Å². The van der Waals surface area contributed by atoms with Gasteiger partial charge in [-0.05, 0) is 17.7 Å². The molecule has 1 radical (unpaired) electrons. The summed E-state index contributed by atoms with van der Waals surface area (Å²) in [6.45, 7) is 4.18. The van der Waals surface area contributed by atoms with Gasteiger partial charge in [0.25, 0.3) is 0 Å². The van der Waals surface area contributed by atoms with Crippen LogP contribution in [0.3, 0.4) is 0 Å². The molecule has 0 unspecified atom stereocenters. The van der Waals surface area contributed by atoms with Crippen molar-refractivity contribution in [3.05, 3.63) is 78.4 Å². The number of rotatable bonds is 5. The lowest BCUT2D eigenvalue weighted by molar-refractivity contribution is 0.359. The van der Waals surface area contributed by atoms with Crippen molar-refractivity contribution in [2.45, 2.75) is 6.42 Å². The largest absolute Gasteiger partial charge is 0.489 e. The van der Waals surface area contributed by atoms with Crippen LogP contribution in [0.4, 0.5) is 0 Å². The van der Waals surface area contributed by atoms with Gasteiger partial charge in [-0.2, -0.15) is 0 Å². The van der Waals surface area contributed by atoms with Crippen LogP contribution in [-0.2, 0) is 6.42 Å². The highest BCUT2D eigenvalue weighted by molar-refractivity contribution is 5.36. The van der Waals surface area contributed by atoms with Crippen molar-refractivity contribution >= 4 is 0 Å². The van der Waals surface area contributed by atoms with Crippen LogP contribution in [0.15, 0.2) is 61.2 Å². The summed E-state index contributed by atoms with van der Waals surface area (Å²) in [5.41, 5.74) is 2.35. The fourth-order valence-electron chi connectivity index (χ4n) is 1.68. The minimum atomic E-state index is 0.527. The van der Waals surface area contributed by atoms with E-state index in [2.05, 4.69) is 24.8 Å². The lowest BCUT2D eigenvalue weighted by atomic mass is 10.0. The van der Waals surface area contributed by atoms with E-state index < -0.39 is 0 Å². The topological polar surface area (TPSA) is 9.23 Å². The Morgan fingerprint density at radius 3 is 2.71 bits per heavy atom. The summed E-state index contributed by atoms with van der Waals surface area (Å²) in [6.07, 6.45) is 2.59. The van der Waals surface area contributed by atoms with Gasteiger partial charge in [0.05, 0.1) is 0 Å². The molecule has 17 heavy (non-hydrogen) atoms. The molecular weight excluding hydrogens is 208 g/mol. The van der Waals surface area contributed by atoms with E-state index in [1.54, 1.807) is 6.08 Å². The van der Waals surface area contributed by atoms with Gasteiger partial charge in [0.15, 0.2) is 0 Å². The highest BCUT2D eigenvalue weighted by Crippen LogP contribution is 2.20. The minimum absolute atomic E-state index is 0.527. The third kappa shape index (κ3) is 3.22. The maximum atomic E-state index is 5.61. The fraction of sp³-hybridized carbons (Fsp3) is 0.125. The predicted octanol–water partition coefficient (Wildman–Crippen LogP) is 3.64. The van der Waals surface area contributed by atoms with Crippen LogP contribution in [0.25, 0.3) is 0 Å². The molecule has 2 aromatic carbocycles. The van der Waals surface area contributed by atoms with E-state index in [9.17, 15) is 0 Å². The smallest absolute Gasteiger partial charge is 0.123 e. The highest BCUT2D eigenvalue weighted by Gasteiger charge is 2.03. The standard InChI is InChI=1S/C16H15O/c1-2-12-17-16-11-7-6-10-15(16)13-14-8-4-3-5-9-14/h2-9,11H,1,12-13H2. The summed E-state index contributed by atoms with van der Waals surface area (Å²) in [4.78, 5) is 0. The molecule has 0 saturated carbocycles. The van der Waals surface area contributed by atoms with E-state index >= 15 is 0 Å². The third-order valence-corrected chi connectivity index (χ3v) is 2.48. The van der Waals surface area contributed by atoms with Gasteiger partial charge in [0.1, 0.15) is 12.4 Å².